The molecule has 20 nitrogen and oxygen atoms in total. The molecule has 454 valence electrons. The number of benzene rings is 4. The molecule has 24 heteroatoms. The molecule has 0 aliphatic carbocycles. The van der Waals surface area contributed by atoms with Crippen molar-refractivity contribution < 1.29 is 86.6 Å². The van der Waals surface area contributed by atoms with Crippen LogP contribution in [0.1, 0.15) is 121 Å². The Labute approximate surface area is 541 Å². The van der Waals surface area contributed by atoms with E-state index in [9.17, 15) is 38.4 Å². The largest absolute Gasteiger partial charge is 0.490 e. The van der Waals surface area contributed by atoms with Gasteiger partial charge in [0.2, 0.25) is 23.1 Å². The van der Waals surface area contributed by atoms with Gasteiger partial charge in [-0.05, 0) is 180 Å². The molecule has 6 aromatic rings. The Morgan fingerprint density at radius 1 is 0.500 bits per heavy atom. The average molecular weight is 1610 g/mol. The van der Waals surface area contributed by atoms with Crippen LogP contribution in [0.15, 0.2) is 81.6 Å². The molecule has 0 aliphatic heterocycles. The number of aliphatic carboxylic acids is 2. The first-order valence-corrected chi connectivity index (χ1v) is 31.2. The van der Waals surface area contributed by atoms with Gasteiger partial charge in [0, 0.05) is 35.0 Å². The molecule has 0 saturated carbocycles. The van der Waals surface area contributed by atoms with Crippen LogP contribution in [0.4, 0.5) is 0 Å². The smallest absolute Gasteiger partial charge is 0.335 e. The molecule has 0 aliphatic rings. The molecule has 0 bridgehead atoms. The Morgan fingerprint density at radius 2 is 0.810 bits per heavy atom. The number of rotatable bonds is 29. The summed E-state index contributed by atoms with van der Waals surface area (Å²) in [6.07, 6.45) is -4.17. The molecule has 4 aromatic carbocycles. The third kappa shape index (κ3) is 20.0. The van der Waals surface area contributed by atoms with E-state index in [1.807, 2.05) is 13.8 Å². The van der Waals surface area contributed by atoms with Crippen LogP contribution in [0.3, 0.4) is 0 Å². The molecule has 6 rings (SSSR count). The van der Waals surface area contributed by atoms with E-state index in [0.29, 0.717) is 59.5 Å². The van der Waals surface area contributed by atoms with Gasteiger partial charge in [-0.15, -0.1) is 0 Å². The molecule has 84 heavy (non-hydrogen) atoms. The first kappa shape index (κ1) is 71.4. The van der Waals surface area contributed by atoms with Gasteiger partial charge in [-0.1, -0.05) is 77.9 Å². The number of carboxylic acid groups (broad SMARTS) is 2. The summed E-state index contributed by atoms with van der Waals surface area (Å²) in [6, 6.07) is 20.5. The summed E-state index contributed by atoms with van der Waals surface area (Å²) in [5.74, 6) is -5.69. The zero-order chi connectivity index (χ0) is 62.5. The molecule has 0 spiro atoms. The highest BCUT2D eigenvalue weighted by Gasteiger charge is 2.32. The van der Waals surface area contributed by atoms with Gasteiger partial charge in [0.05, 0.1) is 37.6 Å². The fraction of sp³-hybridized carbons (Fsp3) is 0.400. The van der Waals surface area contributed by atoms with Crippen molar-refractivity contribution in [2.45, 2.75) is 105 Å². The summed E-state index contributed by atoms with van der Waals surface area (Å²) < 4.78 is 37.4. The lowest BCUT2D eigenvalue weighted by Gasteiger charge is -2.19. The minimum atomic E-state index is -2.27. The zero-order valence-corrected chi connectivity index (χ0v) is 56.3. The zero-order valence-electron chi connectivity index (χ0n) is 47.6. The molecule has 4 N–H and O–H groups in total. The number of carbonyl (C=O) groups excluding carboxylic acids is 6. The van der Waals surface area contributed by atoms with Gasteiger partial charge in [-0.3, -0.25) is 28.8 Å². The standard InChI is InChI=1S/2C28H31I2NO6.C4H6O6/c2*1-5-17(4)36-24(32)16-23-25(19-10-8-9-11-22(19)37-23)27(34)26(33)18-14-20(29)28(21(30)15-18)35-13-12-31(6-2)7-3;5-1(3(7)8)2(6)4(9)10/h2*8-11,14-15,17H,5-7,12-13,16H2,1-4H3;1-2,5-6H,(H,7,8)(H,9,10)/t2*17-;/m00./s1. The van der Waals surface area contributed by atoms with Crippen LogP contribution in [0, 0.1) is 14.3 Å². The van der Waals surface area contributed by atoms with Crippen LogP contribution in [0.5, 0.6) is 11.5 Å². The monoisotopic (exact) mass is 1610 g/mol. The van der Waals surface area contributed by atoms with Crippen molar-refractivity contribution in [1.82, 2.24) is 9.80 Å². The number of aliphatic hydroxyl groups is 2. The number of hydrogen-bond donors (Lipinski definition) is 4. The van der Waals surface area contributed by atoms with Crippen LogP contribution in [0.25, 0.3) is 21.9 Å². The maximum atomic E-state index is 13.5. The molecular weight excluding hydrogens is 1540 g/mol. The van der Waals surface area contributed by atoms with Gasteiger partial charge in [0.15, 0.2) is 12.2 Å². The minimum Gasteiger partial charge on any atom is -0.490 e. The molecule has 4 atom stereocenters. The molecule has 2 aromatic heterocycles. The topological polar surface area (TPSA) is 287 Å². The lowest BCUT2D eigenvalue weighted by atomic mass is 9.98. The summed E-state index contributed by atoms with van der Waals surface area (Å²) in [7, 11) is 0. The van der Waals surface area contributed by atoms with Crippen LogP contribution in [0.2, 0.25) is 0 Å². The van der Waals surface area contributed by atoms with Crippen molar-refractivity contribution in [2.75, 3.05) is 52.5 Å². The van der Waals surface area contributed by atoms with Gasteiger partial charge in [0.1, 0.15) is 60.2 Å². The summed E-state index contributed by atoms with van der Waals surface area (Å²) >= 11 is 8.49. The first-order chi connectivity index (χ1) is 39.8. The number of carbonyl (C=O) groups is 8. The second-order valence-corrected chi connectivity index (χ2v) is 23.4. The second kappa shape index (κ2) is 34.9. The van der Waals surface area contributed by atoms with Gasteiger partial charge in [-0.25, -0.2) is 9.59 Å². The summed E-state index contributed by atoms with van der Waals surface area (Å²) in [5.41, 5.74) is 1.59. The van der Waals surface area contributed by atoms with Crippen LogP contribution < -0.4 is 9.47 Å². The molecular formula is C60H68I4N2O18. The van der Waals surface area contributed by atoms with Gasteiger partial charge >= 0.3 is 23.9 Å². The number of aliphatic hydroxyl groups excluding tert-OH is 2. The quantitative estimate of drug-likeness (QED) is 0.0147. The Kier molecular flexibility index (Phi) is 29.6. The number of fused-ring (bicyclic) bond motifs is 2. The molecule has 0 amide bonds. The van der Waals surface area contributed by atoms with Crippen molar-refractivity contribution in [3.05, 3.63) is 121 Å². The highest BCUT2D eigenvalue weighted by Crippen LogP contribution is 2.34. The van der Waals surface area contributed by atoms with E-state index in [2.05, 4.69) is 128 Å². The number of para-hydroxylation sites is 2. The van der Waals surface area contributed by atoms with E-state index in [4.69, 9.17) is 48.2 Å². The number of esters is 2. The average Bonchev–Trinajstić information content (AvgIpc) is 3.24. The molecule has 2 heterocycles. The first-order valence-electron chi connectivity index (χ1n) is 26.9. The number of carboxylic acids is 2. The van der Waals surface area contributed by atoms with Crippen molar-refractivity contribution in [2.24, 2.45) is 0 Å². The Hall–Kier alpha value is -5.12. The number of ether oxygens (including phenoxy) is 4. The van der Waals surface area contributed by atoms with E-state index in [1.165, 1.54) is 0 Å². The van der Waals surface area contributed by atoms with Crippen LogP contribution >= 0.6 is 90.4 Å². The molecule has 0 saturated heterocycles. The number of likely N-dealkylation sites (N-methyl/N-ethyl adjacent to an activating group) is 2. The third-order valence-electron chi connectivity index (χ3n) is 13.1. The number of ketones is 4. The van der Waals surface area contributed by atoms with Crippen molar-refractivity contribution >= 4 is 159 Å². The predicted molar refractivity (Wildman–Crippen MR) is 346 cm³/mol. The van der Waals surface area contributed by atoms with Gasteiger partial charge < -0.3 is 58.0 Å². The van der Waals surface area contributed by atoms with Crippen molar-refractivity contribution in [1.29, 1.82) is 0 Å². The number of Topliss-reactive ketones (excluding diaryl/α,β-unsaturated/α-hetero) is 4. The highest BCUT2D eigenvalue weighted by molar-refractivity contribution is 14.1. The number of halogens is 4. The van der Waals surface area contributed by atoms with Gasteiger partial charge in [0.25, 0.3) is 0 Å². The van der Waals surface area contributed by atoms with Crippen LogP contribution in [-0.4, -0.2) is 154 Å². The third-order valence-corrected chi connectivity index (χ3v) is 16.3. The Bertz CT molecular complexity index is 3030. The Balaban J connectivity index is 0.000000310. The van der Waals surface area contributed by atoms with Gasteiger partial charge in [-0.2, -0.15) is 0 Å². The van der Waals surface area contributed by atoms with E-state index >= 15 is 0 Å². The summed E-state index contributed by atoms with van der Waals surface area (Å²) in [6.45, 7) is 22.3. The van der Waals surface area contributed by atoms with Crippen molar-refractivity contribution in [3.8, 4) is 11.5 Å². The predicted octanol–water partition coefficient (Wildman–Crippen LogP) is 10.5. The molecule has 0 radical (unpaired) electrons. The second-order valence-electron chi connectivity index (χ2n) is 18.7. The van der Waals surface area contributed by atoms with Crippen molar-refractivity contribution in [3.63, 3.8) is 0 Å². The van der Waals surface area contributed by atoms with E-state index < -0.39 is 59.2 Å². The van der Waals surface area contributed by atoms with E-state index in [-0.39, 0.29) is 58.8 Å². The summed E-state index contributed by atoms with van der Waals surface area (Å²) in [4.78, 5) is 103. The fourth-order valence-electron chi connectivity index (χ4n) is 7.95. The van der Waals surface area contributed by atoms with E-state index in [1.54, 1.807) is 86.6 Å². The maximum Gasteiger partial charge on any atom is 0.335 e. The summed E-state index contributed by atoms with van der Waals surface area (Å²) in [5, 5.41) is 33.5. The SMILES string of the molecule is CC[C@H](C)OC(=O)Cc1oc2ccccc2c1C(=O)C(=O)c1cc(I)c(OCCN(CC)CC)c(I)c1.CC[C@H](C)OC(=O)Cc1oc2ccccc2c1C(=O)C(=O)c1cc(I)c(OCCN(CC)CC)c(I)c1.O=C(O)C(O)C(O)C(=O)O. The lowest BCUT2D eigenvalue weighted by Crippen LogP contribution is -2.39. The molecule has 0 fully saturated rings. The number of furan rings is 2. The fourth-order valence-corrected chi connectivity index (χ4v) is 12.1. The Morgan fingerprint density at radius 3 is 1.10 bits per heavy atom. The van der Waals surface area contributed by atoms with E-state index in [0.717, 1.165) is 53.5 Å². The van der Waals surface area contributed by atoms with Crippen LogP contribution in [-0.2, 0) is 41.5 Å². The minimum absolute atomic E-state index is 0.103. The molecule has 2 unspecified atom stereocenters. The number of hydrogen-bond acceptors (Lipinski definition) is 18. The highest BCUT2D eigenvalue weighted by atomic mass is 127. The number of nitrogens with zero attached hydrogens (tertiary/aromatic N) is 2. The lowest BCUT2D eigenvalue weighted by molar-refractivity contribution is -0.165. The maximum absolute atomic E-state index is 13.5. The normalized spacial score (nSPS) is 12.5.